The minimum Gasteiger partial charge on any atom is -0.332 e. The third-order valence-electron chi connectivity index (χ3n) is 4.34. The molecule has 3 aromatic rings. The first-order chi connectivity index (χ1) is 12.1. The number of rotatable bonds is 5. The van der Waals surface area contributed by atoms with Crippen LogP contribution >= 0.6 is 22.9 Å². The molecule has 2 aromatic heterocycles. The maximum atomic E-state index is 12.8. The molecule has 0 spiro atoms. The SMILES string of the molecule is Cc1cccc(CN(C(=O)/C=C/c2c(Cl)nc3sccn23)C2CC2)c1. The molecular weight excluding hydrogens is 354 g/mol. The number of aryl methyl sites for hydroxylation is 1. The molecule has 0 N–H and O–H groups in total. The first-order valence-electron chi connectivity index (χ1n) is 8.27. The molecular formula is C19H18ClN3OS. The minimum absolute atomic E-state index is 0.0188. The zero-order chi connectivity index (χ0) is 17.4. The molecule has 128 valence electrons. The van der Waals surface area contributed by atoms with Gasteiger partial charge in [-0.1, -0.05) is 41.4 Å². The van der Waals surface area contributed by atoms with Crippen molar-refractivity contribution in [2.45, 2.75) is 32.4 Å². The summed E-state index contributed by atoms with van der Waals surface area (Å²) in [6.07, 6.45) is 7.44. The van der Waals surface area contributed by atoms with Crippen LogP contribution in [0.25, 0.3) is 11.0 Å². The van der Waals surface area contributed by atoms with E-state index in [1.807, 2.05) is 26.9 Å². The number of carbonyl (C=O) groups excluding carboxylic acids is 1. The lowest BCUT2D eigenvalue weighted by molar-refractivity contribution is -0.127. The molecule has 25 heavy (non-hydrogen) atoms. The average Bonchev–Trinajstić information content (AvgIpc) is 3.25. The Morgan fingerprint density at radius 2 is 2.32 bits per heavy atom. The van der Waals surface area contributed by atoms with Crippen molar-refractivity contribution in [2.75, 3.05) is 0 Å². The van der Waals surface area contributed by atoms with Gasteiger partial charge < -0.3 is 4.90 Å². The van der Waals surface area contributed by atoms with Crippen molar-refractivity contribution in [1.29, 1.82) is 0 Å². The Morgan fingerprint density at radius 3 is 3.08 bits per heavy atom. The molecule has 1 fully saturated rings. The van der Waals surface area contributed by atoms with Crippen LogP contribution in [0, 0.1) is 6.92 Å². The third kappa shape index (κ3) is 3.48. The Kier molecular flexibility index (Phi) is 4.36. The van der Waals surface area contributed by atoms with Crippen molar-refractivity contribution < 1.29 is 4.79 Å². The Morgan fingerprint density at radius 1 is 1.48 bits per heavy atom. The molecule has 1 amide bonds. The van der Waals surface area contributed by atoms with E-state index in [9.17, 15) is 4.79 Å². The van der Waals surface area contributed by atoms with Crippen molar-refractivity contribution in [3.05, 3.63) is 63.9 Å². The lowest BCUT2D eigenvalue weighted by atomic mass is 10.1. The molecule has 0 unspecified atom stereocenters. The van der Waals surface area contributed by atoms with Gasteiger partial charge in [0.25, 0.3) is 0 Å². The number of halogens is 1. The highest BCUT2D eigenvalue weighted by atomic mass is 35.5. The maximum Gasteiger partial charge on any atom is 0.247 e. The predicted molar refractivity (Wildman–Crippen MR) is 102 cm³/mol. The Hall–Kier alpha value is -2.11. The summed E-state index contributed by atoms with van der Waals surface area (Å²) >= 11 is 7.71. The number of imidazole rings is 1. The summed E-state index contributed by atoms with van der Waals surface area (Å²) in [4.78, 5) is 19.8. The second-order valence-corrected chi connectivity index (χ2v) is 7.59. The molecule has 1 aliphatic carbocycles. The molecule has 4 nitrogen and oxygen atoms in total. The molecule has 4 rings (SSSR count). The van der Waals surface area contributed by atoms with Gasteiger partial charge in [-0.3, -0.25) is 9.20 Å². The van der Waals surface area contributed by atoms with Crippen LogP contribution in [0.4, 0.5) is 0 Å². The summed E-state index contributed by atoms with van der Waals surface area (Å²) in [5, 5.41) is 2.37. The number of nitrogens with zero attached hydrogens (tertiary/aromatic N) is 3. The highest BCUT2D eigenvalue weighted by Crippen LogP contribution is 2.29. The van der Waals surface area contributed by atoms with E-state index in [0.717, 1.165) is 29.1 Å². The number of benzene rings is 1. The zero-order valence-corrected chi connectivity index (χ0v) is 15.4. The first kappa shape index (κ1) is 16.4. The van der Waals surface area contributed by atoms with Gasteiger partial charge in [-0.15, -0.1) is 11.3 Å². The van der Waals surface area contributed by atoms with E-state index in [2.05, 4.69) is 30.1 Å². The summed E-state index contributed by atoms with van der Waals surface area (Å²) in [5.74, 6) is 0.0188. The molecule has 1 aromatic carbocycles. The van der Waals surface area contributed by atoms with Gasteiger partial charge in [0.1, 0.15) is 0 Å². The Balaban J connectivity index is 1.55. The number of aromatic nitrogens is 2. The lowest BCUT2D eigenvalue weighted by Gasteiger charge is -2.21. The molecule has 0 atom stereocenters. The molecule has 2 heterocycles. The minimum atomic E-state index is 0.0188. The van der Waals surface area contributed by atoms with Crippen molar-refractivity contribution in [1.82, 2.24) is 14.3 Å². The van der Waals surface area contributed by atoms with E-state index in [1.54, 1.807) is 12.2 Å². The fraction of sp³-hybridized carbons (Fsp3) is 0.263. The quantitative estimate of drug-likeness (QED) is 0.616. The predicted octanol–water partition coefficient (Wildman–Crippen LogP) is 4.56. The molecule has 0 bridgehead atoms. The number of hydrogen-bond acceptors (Lipinski definition) is 3. The van der Waals surface area contributed by atoms with Gasteiger partial charge in [0.05, 0.1) is 5.69 Å². The van der Waals surface area contributed by atoms with Gasteiger partial charge >= 0.3 is 0 Å². The van der Waals surface area contributed by atoms with Crippen LogP contribution in [0.3, 0.4) is 0 Å². The smallest absolute Gasteiger partial charge is 0.247 e. The van der Waals surface area contributed by atoms with Gasteiger partial charge in [-0.05, 0) is 31.4 Å². The van der Waals surface area contributed by atoms with Crippen LogP contribution in [0.1, 0.15) is 29.7 Å². The molecule has 0 aliphatic heterocycles. The molecule has 0 radical (unpaired) electrons. The van der Waals surface area contributed by atoms with Gasteiger partial charge in [-0.25, -0.2) is 4.98 Å². The fourth-order valence-corrected chi connectivity index (χ4v) is 3.96. The monoisotopic (exact) mass is 371 g/mol. The van der Waals surface area contributed by atoms with Crippen LogP contribution < -0.4 is 0 Å². The summed E-state index contributed by atoms with van der Waals surface area (Å²) in [7, 11) is 0. The summed E-state index contributed by atoms with van der Waals surface area (Å²) < 4.78 is 1.90. The summed E-state index contributed by atoms with van der Waals surface area (Å²) in [5.41, 5.74) is 3.12. The van der Waals surface area contributed by atoms with Gasteiger partial charge in [0.15, 0.2) is 10.1 Å². The van der Waals surface area contributed by atoms with Crippen molar-refractivity contribution >= 4 is 39.9 Å². The number of amides is 1. The molecule has 6 heteroatoms. The van der Waals surface area contributed by atoms with E-state index in [1.165, 1.54) is 16.9 Å². The topological polar surface area (TPSA) is 37.6 Å². The number of thiazole rings is 1. The maximum absolute atomic E-state index is 12.8. The van der Waals surface area contributed by atoms with Crippen molar-refractivity contribution in [3.63, 3.8) is 0 Å². The first-order valence-corrected chi connectivity index (χ1v) is 9.53. The van der Waals surface area contributed by atoms with Crippen molar-refractivity contribution in [2.24, 2.45) is 0 Å². The highest BCUT2D eigenvalue weighted by Gasteiger charge is 2.31. The van der Waals surface area contributed by atoms with E-state index in [0.29, 0.717) is 17.7 Å². The number of fused-ring (bicyclic) bond motifs is 1. The van der Waals surface area contributed by atoms with E-state index < -0.39 is 0 Å². The average molecular weight is 372 g/mol. The molecule has 0 saturated heterocycles. The van der Waals surface area contributed by atoms with Gasteiger partial charge in [0, 0.05) is 30.2 Å². The standard InChI is InChI=1S/C19H18ClN3OS/c1-13-3-2-4-14(11-13)12-23(15-5-6-15)17(24)8-7-16-18(20)21-19-22(16)9-10-25-19/h2-4,7-11,15H,5-6,12H2,1H3/b8-7+. The second-order valence-electron chi connectivity index (χ2n) is 6.36. The molecule has 1 aliphatic rings. The normalized spacial score (nSPS) is 14.5. The van der Waals surface area contributed by atoms with E-state index in [4.69, 9.17) is 11.6 Å². The van der Waals surface area contributed by atoms with Crippen molar-refractivity contribution in [3.8, 4) is 0 Å². The Bertz CT molecular complexity index is 955. The number of hydrogen-bond donors (Lipinski definition) is 0. The van der Waals surface area contributed by atoms with Gasteiger partial charge in [0.2, 0.25) is 5.91 Å². The van der Waals surface area contributed by atoms with Crippen LogP contribution in [-0.2, 0) is 11.3 Å². The van der Waals surface area contributed by atoms with Crippen LogP contribution in [0.2, 0.25) is 5.15 Å². The van der Waals surface area contributed by atoms with Crippen LogP contribution in [-0.4, -0.2) is 26.2 Å². The highest BCUT2D eigenvalue weighted by molar-refractivity contribution is 7.15. The van der Waals surface area contributed by atoms with Crippen LogP contribution in [0.15, 0.2) is 41.9 Å². The largest absolute Gasteiger partial charge is 0.332 e. The van der Waals surface area contributed by atoms with Crippen LogP contribution in [0.5, 0.6) is 0 Å². The fourth-order valence-electron chi connectivity index (χ4n) is 2.95. The molecule has 1 saturated carbocycles. The number of carbonyl (C=O) groups is 1. The second kappa shape index (κ2) is 6.65. The Labute approximate surface area is 155 Å². The van der Waals surface area contributed by atoms with E-state index >= 15 is 0 Å². The summed E-state index contributed by atoms with van der Waals surface area (Å²) in [6, 6.07) is 8.66. The lowest BCUT2D eigenvalue weighted by Crippen LogP contribution is -2.31. The third-order valence-corrected chi connectivity index (χ3v) is 5.38. The van der Waals surface area contributed by atoms with Gasteiger partial charge in [-0.2, -0.15) is 0 Å². The van der Waals surface area contributed by atoms with E-state index in [-0.39, 0.29) is 5.91 Å². The zero-order valence-electron chi connectivity index (χ0n) is 13.9. The summed E-state index contributed by atoms with van der Waals surface area (Å²) in [6.45, 7) is 2.71.